The van der Waals surface area contributed by atoms with Gasteiger partial charge >= 0.3 is 5.97 Å². The van der Waals surface area contributed by atoms with Gasteiger partial charge in [-0.2, -0.15) is 0 Å². The molecule has 7 heteroatoms. The Hall–Kier alpha value is -0.980. The lowest BCUT2D eigenvalue weighted by molar-refractivity contribution is -0.141. The highest BCUT2D eigenvalue weighted by Crippen LogP contribution is 2.50. The van der Waals surface area contributed by atoms with Crippen LogP contribution in [0.4, 0.5) is 4.39 Å². The van der Waals surface area contributed by atoms with Gasteiger partial charge in [-0.1, -0.05) is 31.4 Å². The van der Waals surface area contributed by atoms with Crippen LogP contribution in [0.25, 0.3) is 0 Å². The van der Waals surface area contributed by atoms with Crippen LogP contribution in [0.2, 0.25) is 5.02 Å². The van der Waals surface area contributed by atoms with Crippen molar-refractivity contribution in [2.24, 2.45) is 23.2 Å². The Morgan fingerprint density at radius 1 is 1.31 bits per heavy atom. The van der Waals surface area contributed by atoms with Crippen molar-refractivity contribution in [1.29, 1.82) is 0 Å². The molecule has 1 aromatic carbocycles. The number of halogens is 2. The van der Waals surface area contributed by atoms with Gasteiger partial charge in [-0.3, -0.25) is 4.79 Å². The third-order valence-corrected chi connectivity index (χ3v) is 9.19. The first-order valence-electron chi connectivity index (χ1n) is 10.5. The molecule has 0 spiro atoms. The predicted octanol–water partition coefficient (Wildman–Crippen LogP) is 5.44. The number of hydrogen-bond donors (Lipinski definition) is 1. The minimum atomic E-state index is -1.75. The number of carbonyl (C=O) groups is 1. The molecule has 0 aromatic heterocycles. The fourth-order valence-electron chi connectivity index (χ4n) is 5.80. The zero-order valence-corrected chi connectivity index (χ0v) is 18.2. The number of carboxylic acids is 1. The van der Waals surface area contributed by atoms with Crippen LogP contribution in [0.5, 0.6) is 5.75 Å². The Kier molecular flexibility index (Phi) is 6.07. The number of aliphatic carboxylic acids is 1. The van der Waals surface area contributed by atoms with Gasteiger partial charge in [-0.25, -0.2) is 4.39 Å². The van der Waals surface area contributed by atoms with Crippen molar-refractivity contribution in [1.82, 2.24) is 0 Å². The van der Waals surface area contributed by atoms with Gasteiger partial charge in [0.15, 0.2) is 10.7 Å². The normalized spacial score (nSPS) is 34.9. The molecular formula is C22H28ClFO4S. The molecule has 4 nitrogen and oxygen atoms in total. The van der Waals surface area contributed by atoms with Crippen molar-refractivity contribution >= 4 is 28.7 Å². The highest BCUT2D eigenvalue weighted by molar-refractivity contribution is 7.92. The summed E-state index contributed by atoms with van der Waals surface area (Å²) in [6.45, 7) is 2.72. The van der Waals surface area contributed by atoms with Crippen LogP contribution < -0.4 is 4.74 Å². The van der Waals surface area contributed by atoms with E-state index in [4.69, 9.17) is 16.3 Å². The number of hydrogen-bond acceptors (Lipinski definition) is 3. The Balaban J connectivity index is 1.46. The molecule has 0 amide bonds. The molecule has 3 saturated carbocycles. The summed E-state index contributed by atoms with van der Waals surface area (Å²) in [5.41, 5.74) is 0.0733. The van der Waals surface area contributed by atoms with Crippen molar-refractivity contribution in [3.05, 3.63) is 23.0 Å². The molecular weight excluding hydrogens is 415 g/mol. The van der Waals surface area contributed by atoms with E-state index in [1.807, 2.05) is 0 Å². The summed E-state index contributed by atoms with van der Waals surface area (Å²) in [5, 5.41) is 8.98. The van der Waals surface area contributed by atoms with E-state index >= 15 is 0 Å². The molecule has 1 N–H and O–H groups in total. The third kappa shape index (κ3) is 4.40. The lowest BCUT2D eigenvalue weighted by Gasteiger charge is -2.37. The first kappa shape index (κ1) is 21.3. The van der Waals surface area contributed by atoms with Crippen molar-refractivity contribution in [2.75, 3.05) is 6.61 Å². The number of fused-ring (bicyclic) bond motifs is 2. The summed E-state index contributed by atoms with van der Waals surface area (Å²) in [5.74, 6) is -0.507. The number of carboxylic acid groups (broad SMARTS) is 1. The molecule has 29 heavy (non-hydrogen) atoms. The first-order valence-corrected chi connectivity index (χ1v) is 12.1. The number of benzene rings is 1. The topological polar surface area (TPSA) is 69.6 Å². The minimum absolute atomic E-state index is 0.0255. The van der Waals surface area contributed by atoms with Crippen LogP contribution in [0, 0.1) is 29.0 Å². The van der Waals surface area contributed by atoms with E-state index in [2.05, 4.69) is 6.92 Å². The number of rotatable bonds is 6. The van der Waals surface area contributed by atoms with Crippen LogP contribution in [0.3, 0.4) is 0 Å². The number of ether oxygens (including phenoxy) is 1. The smallest absolute Gasteiger partial charge is 0.311 e. The van der Waals surface area contributed by atoms with Gasteiger partial charge in [-0.15, -0.1) is 0 Å². The van der Waals surface area contributed by atoms with Crippen LogP contribution in [-0.4, -0.2) is 27.5 Å². The maximum Gasteiger partial charge on any atom is 0.311 e. The predicted molar refractivity (Wildman–Crippen MR) is 110 cm³/mol. The van der Waals surface area contributed by atoms with Gasteiger partial charge in [0.1, 0.15) is 16.9 Å². The van der Waals surface area contributed by atoms with Crippen LogP contribution >= 0.6 is 11.6 Å². The van der Waals surface area contributed by atoms with E-state index < -0.39 is 34.1 Å². The van der Waals surface area contributed by atoms with Gasteiger partial charge < -0.3 is 14.4 Å². The maximum absolute atomic E-state index is 14.8. The van der Waals surface area contributed by atoms with Gasteiger partial charge in [-0.05, 0) is 61.5 Å². The Morgan fingerprint density at radius 3 is 2.66 bits per heavy atom. The first-order chi connectivity index (χ1) is 13.8. The van der Waals surface area contributed by atoms with E-state index in [9.17, 15) is 18.8 Å². The third-order valence-electron chi connectivity index (χ3n) is 7.04. The molecule has 160 valence electrons. The summed E-state index contributed by atoms with van der Waals surface area (Å²) in [6, 6.07) is 2.56. The average Bonchev–Trinajstić information content (AvgIpc) is 3.28. The van der Waals surface area contributed by atoms with Gasteiger partial charge in [0.2, 0.25) is 0 Å². The van der Waals surface area contributed by atoms with E-state index in [1.54, 1.807) is 0 Å². The van der Waals surface area contributed by atoms with E-state index in [0.717, 1.165) is 24.7 Å². The highest BCUT2D eigenvalue weighted by Gasteiger charge is 2.44. The molecule has 3 fully saturated rings. The fraction of sp³-hybridized carbons (Fsp3) is 0.682. The van der Waals surface area contributed by atoms with Gasteiger partial charge in [0.05, 0.1) is 11.6 Å². The lowest BCUT2D eigenvalue weighted by atomic mass is 9.71. The quantitative estimate of drug-likeness (QED) is 0.596. The summed E-state index contributed by atoms with van der Waals surface area (Å²) in [6.07, 6.45) is 7.86. The van der Waals surface area contributed by atoms with Crippen LogP contribution in [-0.2, 0) is 16.0 Å². The summed E-state index contributed by atoms with van der Waals surface area (Å²) >= 11 is 4.59. The monoisotopic (exact) mass is 442 g/mol. The van der Waals surface area contributed by atoms with Crippen LogP contribution in [0.1, 0.15) is 58.3 Å². The Morgan fingerprint density at radius 2 is 2.00 bits per heavy atom. The molecule has 1 aromatic rings. The standard InChI is InChI=1S/C22H28ClFO4S/c1-22(10-13-5-6-14(7-13)11-22)12-28-18-9-17(24)20(8-16(18)23)29(27)19-4-2-3-15(19)21(25)26/h8-9,13-15,19H,2-7,10-12H2,1H3,(H,25,26)/t13-,14+,15-,19-,22?,29-/m1/s1. The summed E-state index contributed by atoms with van der Waals surface area (Å²) in [7, 11) is 0. The fourth-order valence-corrected chi connectivity index (χ4v) is 7.83. The Bertz CT molecular complexity index is 776. The molecule has 1 unspecified atom stereocenters. The van der Waals surface area contributed by atoms with Crippen molar-refractivity contribution < 1.29 is 23.6 Å². The summed E-state index contributed by atoms with van der Waals surface area (Å²) < 4.78 is 33.6. The van der Waals surface area contributed by atoms with Crippen molar-refractivity contribution in [3.8, 4) is 5.75 Å². The zero-order valence-electron chi connectivity index (χ0n) is 16.7. The lowest BCUT2D eigenvalue weighted by Crippen LogP contribution is -2.32. The second-order valence-electron chi connectivity index (χ2n) is 9.48. The molecule has 4 rings (SSSR count). The largest absolute Gasteiger partial charge is 0.611 e. The minimum Gasteiger partial charge on any atom is -0.611 e. The second kappa shape index (κ2) is 8.27. The van der Waals surface area contributed by atoms with E-state index in [0.29, 0.717) is 25.9 Å². The molecule has 6 atom stereocenters. The average molecular weight is 443 g/mol. The van der Waals surface area contributed by atoms with Gasteiger partial charge in [0, 0.05) is 17.5 Å². The van der Waals surface area contributed by atoms with Gasteiger partial charge in [0.25, 0.3) is 0 Å². The molecule has 0 saturated heterocycles. The molecule has 2 bridgehead atoms. The Labute approximate surface area is 179 Å². The molecule has 0 aliphatic heterocycles. The summed E-state index contributed by atoms with van der Waals surface area (Å²) in [4.78, 5) is 11.4. The molecule has 3 aliphatic rings. The van der Waals surface area contributed by atoms with E-state index in [1.165, 1.54) is 31.4 Å². The molecule has 3 aliphatic carbocycles. The zero-order chi connectivity index (χ0) is 20.8. The van der Waals surface area contributed by atoms with Crippen LogP contribution in [0.15, 0.2) is 17.0 Å². The molecule has 0 heterocycles. The maximum atomic E-state index is 14.8. The van der Waals surface area contributed by atoms with Crippen molar-refractivity contribution in [2.45, 2.75) is 68.4 Å². The van der Waals surface area contributed by atoms with Crippen molar-refractivity contribution in [3.63, 3.8) is 0 Å². The SMILES string of the molecule is CC1(COc2cc(F)c([S@+]([O-])[C@@H]3CCC[C@H]3C(=O)O)cc2Cl)C[C@@H]2CC[C@@H](C2)C1. The molecule has 0 radical (unpaired) electrons. The highest BCUT2D eigenvalue weighted by atomic mass is 35.5. The second-order valence-corrected chi connectivity index (χ2v) is 11.5. The van der Waals surface area contributed by atoms with E-state index in [-0.39, 0.29) is 21.1 Å².